The number of carbonyl (C=O) groups excluding carboxylic acids is 1. The number of rotatable bonds is 6. The molecule has 1 aliphatic heterocycles. The summed E-state index contributed by atoms with van der Waals surface area (Å²) in [4.78, 5) is 25.6. The van der Waals surface area contributed by atoms with E-state index < -0.39 is 28.9 Å². The van der Waals surface area contributed by atoms with Crippen molar-refractivity contribution >= 4 is 11.9 Å². The molecular weight excluding hydrogens is 481 g/mol. The zero-order chi connectivity index (χ0) is 25.9. The number of fused-ring (bicyclic) bond motifs is 1. The van der Waals surface area contributed by atoms with Crippen LogP contribution in [0.2, 0.25) is 0 Å². The molecule has 6 nitrogen and oxygen atoms in total. The largest absolute Gasteiger partial charge is 0.438 e. The number of carbonyl (C=O) groups is 1. The maximum absolute atomic E-state index is 14.3. The van der Waals surface area contributed by atoms with Crippen molar-refractivity contribution in [1.29, 1.82) is 0 Å². The summed E-state index contributed by atoms with van der Waals surface area (Å²) in [7, 11) is 1.86. The number of ether oxygens (including phenoxy) is 1. The Hall–Kier alpha value is -4.40. The molecule has 2 heterocycles. The molecule has 0 spiro atoms. The Morgan fingerprint density at radius 2 is 1.65 bits per heavy atom. The van der Waals surface area contributed by atoms with Crippen molar-refractivity contribution in [3.63, 3.8) is 0 Å². The number of halogens is 3. The molecule has 0 saturated carbocycles. The lowest BCUT2D eigenvalue weighted by atomic mass is 10.0. The third kappa shape index (κ3) is 5.25. The molecule has 1 aromatic heterocycles. The lowest BCUT2D eigenvalue weighted by Gasteiger charge is -2.30. The molecule has 0 atom stereocenters. The summed E-state index contributed by atoms with van der Waals surface area (Å²) in [5, 5.41) is 0. The van der Waals surface area contributed by atoms with E-state index in [1.54, 1.807) is 0 Å². The molecule has 3 aromatic carbocycles. The summed E-state index contributed by atoms with van der Waals surface area (Å²) in [6.07, 6.45) is 0.339. The van der Waals surface area contributed by atoms with Gasteiger partial charge < -0.3 is 14.5 Å². The number of nitrogens with zero attached hydrogens (tertiary/aromatic N) is 4. The molecule has 0 N–H and O–H groups in total. The summed E-state index contributed by atoms with van der Waals surface area (Å²) in [6, 6.07) is 18.6. The van der Waals surface area contributed by atoms with E-state index in [2.05, 4.69) is 4.98 Å². The first-order valence-corrected chi connectivity index (χ1v) is 11.7. The van der Waals surface area contributed by atoms with Crippen LogP contribution in [0.3, 0.4) is 0 Å². The first-order valence-electron chi connectivity index (χ1n) is 11.7. The molecule has 0 bridgehead atoms. The zero-order valence-corrected chi connectivity index (χ0v) is 20.0. The van der Waals surface area contributed by atoms with Crippen LogP contribution < -0.4 is 9.64 Å². The van der Waals surface area contributed by atoms with Crippen molar-refractivity contribution in [1.82, 2.24) is 14.9 Å². The maximum Gasteiger partial charge on any atom is 0.260 e. The van der Waals surface area contributed by atoms with Gasteiger partial charge in [-0.1, -0.05) is 36.4 Å². The van der Waals surface area contributed by atoms with E-state index in [4.69, 9.17) is 9.72 Å². The molecule has 1 amide bonds. The average Bonchev–Trinajstić information content (AvgIpc) is 2.90. The highest BCUT2D eigenvalue weighted by Gasteiger charge is 2.30. The Bertz CT molecular complexity index is 1410. The van der Waals surface area contributed by atoms with Gasteiger partial charge in [0.1, 0.15) is 28.8 Å². The van der Waals surface area contributed by atoms with Crippen molar-refractivity contribution in [2.75, 3.05) is 18.5 Å². The molecule has 0 radical (unpaired) electrons. The number of hydrogen-bond acceptors (Lipinski definition) is 5. The van der Waals surface area contributed by atoms with Crippen LogP contribution in [-0.2, 0) is 19.5 Å². The van der Waals surface area contributed by atoms with Crippen LogP contribution in [0, 0.1) is 17.5 Å². The van der Waals surface area contributed by atoms with Crippen molar-refractivity contribution < 1.29 is 22.7 Å². The third-order valence-corrected chi connectivity index (χ3v) is 6.11. The van der Waals surface area contributed by atoms with Crippen molar-refractivity contribution in [2.45, 2.75) is 19.5 Å². The monoisotopic (exact) mass is 504 g/mol. The molecule has 0 unspecified atom stereocenters. The average molecular weight is 505 g/mol. The van der Waals surface area contributed by atoms with Gasteiger partial charge in [0.2, 0.25) is 11.8 Å². The molecule has 188 valence electrons. The molecule has 0 aliphatic carbocycles. The Labute approximate surface area is 212 Å². The number of benzene rings is 3. The van der Waals surface area contributed by atoms with Gasteiger partial charge in [0.15, 0.2) is 0 Å². The van der Waals surface area contributed by atoms with Crippen LogP contribution in [0.25, 0.3) is 0 Å². The maximum atomic E-state index is 14.3. The van der Waals surface area contributed by atoms with Gasteiger partial charge in [-0.25, -0.2) is 18.2 Å². The van der Waals surface area contributed by atoms with Gasteiger partial charge in [0.25, 0.3) is 5.91 Å². The summed E-state index contributed by atoms with van der Waals surface area (Å²) in [5.41, 5.74) is 1.65. The topological polar surface area (TPSA) is 58.6 Å². The minimum absolute atomic E-state index is 0.00114. The highest BCUT2D eigenvalue weighted by molar-refractivity contribution is 5.95. The van der Waals surface area contributed by atoms with Gasteiger partial charge in [-0.2, -0.15) is 4.98 Å². The van der Waals surface area contributed by atoms with Crippen LogP contribution in [0.5, 0.6) is 11.6 Å². The predicted octanol–water partition coefficient (Wildman–Crippen LogP) is 5.52. The molecule has 0 saturated heterocycles. The van der Waals surface area contributed by atoms with E-state index in [0.29, 0.717) is 35.9 Å². The van der Waals surface area contributed by atoms with Crippen LogP contribution in [0.15, 0.2) is 72.8 Å². The number of amides is 1. The van der Waals surface area contributed by atoms with Gasteiger partial charge in [-0.05, 0) is 42.0 Å². The summed E-state index contributed by atoms with van der Waals surface area (Å²) in [5.74, 6) is -2.07. The van der Waals surface area contributed by atoms with Gasteiger partial charge in [0, 0.05) is 26.6 Å². The normalized spacial score (nSPS) is 12.7. The van der Waals surface area contributed by atoms with Crippen LogP contribution in [0.1, 0.15) is 27.2 Å². The van der Waals surface area contributed by atoms with Crippen molar-refractivity contribution in [3.8, 4) is 11.6 Å². The SMILES string of the molecule is CN(Cc1ccccc1)c1nc2c(c(Oc3ccc(F)cc3)n1)CN(C(=O)c1c(F)cccc1F)CC2. The molecule has 0 fully saturated rings. The third-order valence-electron chi connectivity index (χ3n) is 6.11. The Morgan fingerprint density at radius 3 is 2.35 bits per heavy atom. The van der Waals surface area contributed by atoms with Crippen LogP contribution >= 0.6 is 0 Å². The lowest BCUT2D eigenvalue weighted by Crippen LogP contribution is -2.38. The molecule has 9 heteroatoms. The van der Waals surface area contributed by atoms with E-state index in [1.165, 1.54) is 35.2 Å². The van der Waals surface area contributed by atoms with Gasteiger partial charge in [0.05, 0.1) is 17.8 Å². The molecular formula is C28H23F3N4O2. The van der Waals surface area contributed by atoms with Crippen LogP contribution in [0.4, 0.5) is 19.1 Å². The van der Waals surface area contributed by atoms with Crippen molar-refractivity contribution in [3.05, 3.63) is 113 Å². The van der Waals surface area contributed by atoms with E-state index in [0.717, 1.165) is 17.7 Å². The van der Waals surface area contributed by atoms with E-state index >= 15 is 0 Å². The zero-order valence-electron chi connectivity index (χ0n) is 20.0. The standard InChI is InChI=1S/C28H23F3N4O2/c1-34(16-18-6-3-2-4-7-18)28-32-24-14-15-35(27(36)25-22(30)8-5-9-23(25)31)17-21(24)26(33-28)37-20-12-10-19(29)11-13-20/h2-13H,14-17H2,1H3. The first kappa shape index (κ1) is 24.3. The summed E-state index contributed by atoms with van der Waals surface area (Å²) >= 11 is 0. The van der Waals surface area contributed by atoms with E-state index in [-0.39, 0.29) is 19.0 Å². The van der Waals surface area contributed by atoms with Gasteiger partial charge in [-0.15, -0.1) is 0 Å². The smallest absolute Gasteiger partial charge is 0.260 e. The highest BCUT2D eigenvalue weighted by atomic mass is 19.1. The van der Waals surface area contributed by atoms with E-state index in [1.807, 2.05) is 42.3 Å². The second kappa shape index (κ2) is 10.3. The summed E-state index contributed by atoms with van der Waals surface area (Å²) < 4.78 is 48.1. The quantitative estimate of drug-likeness (QED) is 0.346. The minimum atomic E-state index is -0.923. The van der Waals surface area contributed by atoms with Crippen molar-refractivity contribution in [2.24, 2.45) is 0 Å². The highest BCUT2D eigenvalue weighted by Crippen LogP contribution is 2.32. The molecule has 4 aromatic rings. The van der Waals surface area contributed by atoms with Gasteiger partial charge in [-0.3, -0.25) is 4.79 Å². The number of aromatic nitrogens is 2. The fourth-order valence-corrected chi connectivity index (χ4v) is 4.20. The fraction of sp³-hybridized carbons (Fsp3) is 0.179. The Morgan fingerprint density at radius 1 is 0.946 bits per heavy atom. The van der Waals surface area contributed by atoms with Gasteiger partial charge >= 0.3 is 0 Å². The first-order chi connectivity index (χ1) is 17.9. The number of anilines is 1. The molecule has 37 heavy (non-hydrogen) atoms. The Kier molecular flexibility index (Phi) is 6.76. The molecule has 5 rings (SSSR count). The molecule has 1 aliphatic rings. The minimum Gasteiger partial charge on any atom is -0.438 e. The van der Waals surface area contributed by atoms with E-state index in [9.17, 15) is 18.0 Å². The number of hydrogen-bond donors (Lipinski definition) is 0. The Balaban J connectivity index is 1.49. The summed E-state index contributed by atoms with van der Waals surface area (Å²) in [6.45, 7) is 0.766. The second-order valence-corrected chi connectivity index (χ2v) is 8.73. The lowest BCUT2D eigenvalue weighted by molar-refractivity contribution is 0.0722. The van der Waals surface area contributed by atoms with Crippen LogP contribution in [-0.4, -0.2) is 34.4 Å². The predicted molar refractivity (Wildman–Crippen MR) is 132 cm³/mol. The fourth-order valence-electron chi connectivity index (χ4n) is 4.20. The second-order valence-electron chi connectivity index (χ2n) is 8.73.